The maximum absolute atomic E-state index is 12.1. The first kappa shape index (κ1) is 19.1. The van der Waals surface area contributed by atoms with Crippen molar-refractivity contribution < 1.29 is 4.21 Å². The fourth-order valence-electron chi connectivity index (χ4n) is 2.26. The summed E-state index contributed by atoms with van der Waals surface area (Å²) in [4.78, 5) is 0. The molecule has 2 heteroatoms. The number of hydrogen-bond donors (Lipinski definition) is 1. The lowest BCUT2D eigenvalue weighted by molar-refractivity contribution is 0.496. The van der Waals surface area contributed by atoms with E-state index in [1.54, 1.807) is 0 Å². The van der Waals surface area contributed by atoms with Crippen molar-refractivity contribution in [3.8, 4) is 0 Å². The van der Waals surface area contributed by atoms with Crippen LogP contribution in [0.25, 0.3) is 0 Å². The number of thiol groups is 1. The molecular weight excluding hydrogens is 252 g/mol. The average molecular weight is 291 g/mol. The lowest BCUT2D eigenvalue weighted by Crippen LogP contribution is -2.35. The van der Waals surface area contributed by atoms with Crippen molar-refractivity contribution in [2.45, 2.75) is 90.2 Å². The lowest BCUT2D eigenvalue weighted by atomic mass is 10.0. The normalized spacial score (nSPS) is 14.1. The molecule has 118 valence electrons. The molecule has 0 unspecified atom stereocenters. The van der Waals surface area contributed by atoms with Crippen molar-refractivity contribution in [3.05, 3.63) is 0 Å². The Kier molecular flexibility index (Phi) is 9.23. The number of unbranched alkanes of at least 4 members (excludes halogenated alkanes) is 6. The molecule has 0 bridgehead atoms. The Morgan fingerprint density at radius 2 is 1.26 bits per heavy atom. The highest BCUT2D eigenvalue weighted by Gasteiger charge is 2.26. The smallest absolute Gasteiger partial charge is 0.0177 e. The molecule has 1 nitrogen and oxygen atoms in total. The van der Waals surface area contributed by atoms with Gasteiger partial charge in [0.1, 0.15) is 0 Å². The molecule has 0 aromatic heterocycles. The summed E-state index contributed by atoms with van der Waals surface area (Å²) in [5, 5.41) is 0. The van der Waals surface area contributed by atoms with E-state index in [2.05, 4.69) is 27.7 Å². The monoisotopic (exact) mass is 290 g/mol. The standard InChI is InChI=1S/C17H38OS/c1-16(2)14-12-10-8-7-9-11-13-15-17(3,4)19(5,6)18/h16,19H,7-15H2,1-6H3. The summed E-state index contributed by atoms with van der Waals surface area (Å²) >= 11 is 0. The van der Waals surface area contributed by atoms with E-state index < -0.39 is 9.93 Å². The molecule has 19 heavy (non-hydrogen) atoms. The molecule has 0 saturated carbocycles. The first-order chi connectivity index (χ1) is 8.67. The van der Waals surface area contributed by atoms with Gasteiger partial charge in [0.2, 0.25) is 0 Å². The molecule has 0 radical (unpaired) electrons. The van der Waals surface area contributed by atoms with Crippen LogP contribution >= 0.6 is 0 Å². The predicted octanol–water partition coefficient (Wildman–Crippen LogP) is 5.21. The summed E-state index contributed by atoms with van der Waals surface area (Å²) in [5.41, 5.74) is 0. The molecule has 0 rings (SSSR count). The lowest BCUT2D eigenvalue weighted by Gasteiger charge is -2.33. The molecule has 0 aliphatic rings. The second kappa shape index (κ2) is 9.15. The van der Waals surface area contributed by atoms with Crippen molar-refractivity contribution in [1.29, 1.82) is 0 Å². The molecule has 0 spiro atoms. The number of rotatable bonds is 11. The highest BCUT2D eigenvalue weighted by molar-refractivity contribution is 8.02. The fourth-order valence-corrected chi connectivity index (χ4v) is 2.96. The van der Waals surface area contributed by atoms with Gasteiger partial charge in [-0.2, -0.15) is 0 Å². The third-order valence-corrected chi connectivity index (χ3v) is 7.67. The highest BCUT2D eigenvalue weighted by atomic mass is 32.2. The van der Waals surface area contributed by atoms with E-state index in [1.807, 2.05) is 12.5 Å². The summed E-state index contributed by atoms with van der Waals surface area (Å²) in [6.45, 7) is 8.95. The van der Waals surface area contributed by atoms with Gasteiger partial charge in [-0.3, -0.25) is 4.21 Å². The average Bonchev–Trinajstić information content (AvgIpc) is 2.24. The minimum absolute atomic E-state index is 0.0320. The van der Waals surface area contributed by atoms with Crippen LogP contribution in [0, 0.1) is 5.92 Å². The Morgan fingerprint density at radius 3 is 1.68 bits per heavy atom. The van der Waals surface area contributed by atoms with E-state index in [0.717, 1.165) is 12.3 Å². The van der Waals surface area contributed by atoms with Gasteiger partial charge in [-0.25, -0.2) is 0 Å². The predicted molar refractivity (Wildman–Crippen MR) is 91.9 cm³/mol. The Balaban J connectivity index is 3.44. The van der Waals surface area contributed by atoms with Gasteiger partial charge in [0.05, 0.1) is 0 Å². The third-order valence-electron chi connectivity index (χ3n) is 4.53. The maximum Gasteiger partial charge on any atom is 0.0177 e. The third kappa shape index (κ3) is 9.65. The van der Waals surface area contributed by atoms with Crippen LogP contribution in [-0.4, -0.2) is 21.5 Å². The van der Waals surface area contributed by atoms with Crippen molar-refractivity contribution in [2.24, 2.45) is 5.92 Å². The quantitative estimate of drug-likeness (QED) is 0.408. The molecule has 0 saturated heterocycles. The zero-order valence-electron chi connectivity index (χ0n) is 14.3. The Morgan fingerprint density at radius 1 is 0.842 bits per heavy atom. The fraction of sp³-hybridized carbons (Fsp3) is 1.00. The van der Waals surface area contributed by atoms with Crippen LogP contribution in [0.4, 0.5) is 0 Å². The van der Waals surface area contributed by atoms with Gasteiger partial charge in [0, 0.05) is 4.75 Å². The van der Waals surface area contributed by atoms with Gasteiger partial charge in [0.15, 0.2) is 0 Å². The van der Waals surface area contributed by atoms with Crippen LogP contribution in [-0.2, 0) is 9.93 Å². The van der Waals surface area contributed by atoms with E-state index in [0.29, 0.717) is 0 Å². The molecule has 0 aliphatic heterocycles. The molecule has 0 fully saturated rings. The van der Waals surface area contributed by atoms with Gasteiger partial charge >= 0.3 is 0 Å². The van der Waals surface area contributed by atoms with Gasteiger partial charge in [-0.1, -0.05) is 79.1 Å². The van der Waals surface area contributed by atoms with E-state index in [9.17, 15) is 4.21 Å². The largest absolute Gasteiger partial charge is 0.285 e. The van der Waals surface area contributed by atoms with Crippen LogP contribution in [0.1, 0.15) is 85.5 Å². The SMILES string of the molecule is CC(C)CCCCCCCCCC(C)(C)[SH](C)(C)=O. The van der Waals surface area contributed by atoms with Gasteiger partial charge < -0.3 is 0 Å². The first-order valence-corrected chi connectivity index (χ1v) is 10.8. The molecule has 0 N–H and O–H groups in total. The van der Waals surface area contributed by atoms with E-state index in [1.165, 1.54) is 51.4 Å². The van der Waals surface area contributed by atoms with Crippen molar-refractivity contribution in [2.75, 3.05) is 12.5 Å². The minimum atomic E-state index is -1.95. The molecule has 0 aromatic rings. The maximum atomic E-state index is 12.1. The zero-order chi connectivity index (χ0) is 14.9. The molecule has 0 atom stereocenters. The van der Waals surface area contributed by atoms with Crippen LogP contribution in [0.2, 0.25) is 0 Å². The summed E-state index contributed by atoms with van der Waals surface area (Å²) in [7, 11) is -1.95. The second-order valence-electron chi connectivity index (χ2n) is 7.57. The van der Waals surface area contributed by atoms with Crippen LogP contribution < -0.4 is 0 Å². The van der Waals surface area contributed by atoms with Crippen molar-refractivity contribution >= 4 is 9.93 Å². The summed E-state index contributed by atoms with van der Waals surface area (Å²) in [5.74, 6) is 0.862. The topological polar surface area (TPSA) is 17.1 Å². The summed E-state index contributed by atoms with van der Waals surface area (Å²) in [6.07, 6.45) is 15.9. The highest BCUT2D eigenvalue weighted by Crippen LogP contribution is 2.26. The first-order valence-electron chi connectivity index (χ1n) is 8.22. The summed E-state index contributed by atoms with van der Waals surface area (Å²) < 4.78 is 12.2. The minimum Gasteiger partial charge on any atom is -0.285 e. The van der Waals surface area contributed by atoms with E-state index in [4.69, 9.17) is 0 Å². The van der Waals surface area contributed by atoms with Gasteiger partial charge in [0.25, 0.3) is 0 Å². The van der Waals surface area contributed by atoms with Crippen molar-refractivity contribution in [1.82, 2.24) is 0 Å². The molecule has 0 aromatic carbocycles. The van der Waals surface area contributed by atoms with E-state index >= 15 is 0 Å². The molecule has 0 aliphatic carbocycles. The van der Waals surface area contributed by atoms with Crippen LogP contribution in [0.3, 0.4) is 0 Å². The molecular formula is C17H38OS. The zero-order valence-corrected chi connectivity index (χ0v) is 15.2. The van der Waals surface area contributed by atoms with Gasteiger partial charge in [-0.05, 0) is 24.9 Å². The molecule has 0 amide bonds. The van der Waals surface area contributed by atoms with Gasteiger partial charge in [-0.15, -0.1) is 9.93 Å². The van der Waals surface area contributed by atoms with E-state index in [-0.39, 0.29) is 4.75 Å². The van der Waals surface area contributed by atoms with Crippen molar-refractivity contribution in [3.63, 3.8) is 0 Å². The Hall–Kier alpha value is 0.150. The molecule has 0 heterocycles. The Bertz CT molecular complexity index is 262. The number of hydrogen-bond acceptors (Lipinski definition) is 1. The Labute approximate surface area is 123 Å². The van der Waals surface area contributed by atoms with Crippen LogP contribution in [0.15, 0.2) is 0 Å². The summed E-state index contributed by atoms with van der Waals surface area (Å²) in [6, 6.07) is 0. The second-order valence-corrected chi connectivity index (χ2v) is 11.5. The van der Waals surface area contributed by atoms with Crippen LogP contribution in [0.5, 0.6) is 0 Å².